The fourth-order valence-corrected chi connectivity index (χ4v) is 5.38. The van der Waals surface area contributed by atoms with Crippen LogP contribution in [-0.4, -0.2) is 57.9 Å². The van der Waals surface area contributed by atoms with Gasteiger partial charge in [0.2, 0.25) is 0 Å². The minimum atomic E-state index is 0.0181. The monoisotopic (exact) mass is 465 g/mol. The number of hydrogen-bond donors (Lipinski definition) is 1. The van der Waals surface area contributed by atoms with E-state index in [1.54, 1.807) is 4.68 Å². The van der Waals surface area contributed by atoms with Crippen LogP contribution in [0.3, 0.4) is 0 Å². The highest BCUT2D eigenvalue weighted by Crippen LogP contribution is 2.28. The zero-order valence-electron chi connectivity index (χ0n) is 20.3. The first-order valence-electron chi connectivity index (χ1n) is 12.7. The number of hydrogen-bond acceptors (Lipinski definition) is 6. The normalized spacial score (nSPS) is 21.2. The van der Waals surface area contributed by atoms with Crippen molar-refractivity contribution in [2.24, 2.45) is 13.0 Å². The molecule has 2 aromatic heterocycles. The molecule has 3 aromatic rings. The van der Waals surface area contributed by atoms with Gasteiger partial charge in [0.05, 0.1) is 23.4 Å². The van der Waals surface area contributed by atoms with Crippen molar-refractivity contribution in [3.05, 3.63) is 41.4 Å². The number of carbonyl (C=O) groups excluding carboxylic acids is 1. The van der Waals surface area contributed by atoms with Crippen LogP contribution < -0.4 is 10.1 Å². The number of carbonyl (C=O) groups is 1. The molecule has 1 fully saturated rings. The molecule has 0 bridgehead atoms. The Morgan fingerprint density at radius 1 is 1.21 bits per heavy atom. The molecule has 1 aromatic carbocycles. The second-order valence-corrected chi connectivity index (χ2v) is 9.65. The van der Waals surface area contributed by atoms with Crippen LogP contribution in [0.5, 0.6) is 6.08 Å². The van der Waals surface area contributed by atoms with Crippen molar-refractivity contribution in [1.29, 1.82) is 0 Å². The first-order valence-corrected chi connectivity index (χ1v) is 12.7. The van der Waals surface area contributed by atoms with Gasteiger partial charge >= 0.3 is 6.08 Å². The third kappa shape index (κ3) is 5.12. The molecule has 3 heterocycles. The number of oxazole rings is 1. The van der Waals surface area contributed by atoms with Crippen molar-refractivity contribution in [3.8, 4) is 6.08 Å². The van der Waals surface area contributed by atoms with E-state index in [2.05, 4.69) is 20.3 Å². The average Bonchev–Trinajstić information content (AvgIpc) is 3.35. The molecule has 0 radical (unpaired) electrons. The lowest BCUT2D eigenvalue weighted by Gasteiger charge is -2.30. The van der Waals surface area contributed by atoms with Crippen LogP contribution in [0.1, 0.15) is 60.8 Å². The molecule has 182 valence electrons. The SMILES string of the molecule is CCOc1nc2c(o1)CCN(CCC1CCC(NC(=O)c3cccc4nn(C)cc34)CC1)CC2. The molecule has 1 aliphatic heterocycles. The van der Waals surface area contributed by atoms with Gasteiger partial charge in [-0.2, -0.15) is 10.1 Å². The summed E-state index contributed by atoms with van der Waals surface area (Å²) in [5.74, 6) is 1.74. The Labute approximate surface area is 200 Å². The van der Waals surface area contributed by atoms with E-state index in [1.165, 1.54) is 19.3 Å². The van der Waals surface area contributed by atoms with Crippen LogP contribution in [0, 0.1) is 5.92 Å². The molecular weight excluding hydrogens is 430 g/mol. The number of amides is 1. The molecule has 1 saturated carbocycles. The van der Waals surface area contributed by atoms with Gasteiger partial charge in [-0.05, 0) is 63.6 Å². The number of nitrogens with zero attached hydrogens (tertiary/aromatic N) is 4. The van der Waals surface area contributed by atoms with E-state index in [0.29, 0.717) is 12.7 Å². The summed E-state index contributed by atoms with van der Waals surface area (Å²) in [6.45, 7) is 5.68. The van der Waals surface area contributed by atoms with Crippen molar-refractivity contribution in [1.82, 2.24) is 25.0 Å². The summed E-state index contributed by atoms with van der Waals surface area (Å²) in [5, 5.41) is 8.61. The van der Waals surface area contributed by atoms with Crippen molar-refractivity contribution in [3.63, 3.8) is 0 Å². The third-order valence-electron chi connectivity index (χ3n) is 7.29. The van der Waals surface area contributed by atoms with Gasteiger partial charge in [0.1, 0.15) is 5.76 Å². The Kier molecular flexibility index (Phi) is 6.85. The van der Waals surface area contributed by atoms with Crippen molar-refractivity contribution < 1.29 is 13.9 Å². The zero-order valence-corrected chi connectivity index (χ0v) is 20.3. The van der Waals surface area contributed by atoms with Gasteiger partial charge in [0, 0.05) is 50.6 Å². The summed E-state index contributed by atoms with van der Waals surface area (Å²) >= 11 is 0. The molecule has 1 aliphatic carbocycles. The number of aromatic nitrogens is 3. The van der Waals surface area contributed by atoms with Gasteiger partial charge in [-0.15, -0.1) is 0 Å². The maximum Gasteiger partial charge on any atom is 0.393 e. The van der Waals surface area contributed by atoms with Crippen molar-refractivity contribution in [2.45, 2.75) is 57.9 Å². The Morgan fingerprint density at radius 3 is 2.85 bits per heavy atom. The van der Waals surface area contributed by atoms with Gasteiger partial charge in [0.25, 0.3) is 5.91 Å². The van der Waals surface area contributed by atoms with Crippen molar-refractivity contribution >= 4 is 16.8 Å². The molecule has 0 atom stereocenters. The van der Waals surface area contributed by atoms with E-state index in [0.717, 1.165) is 79.2 Å². The Bertz CT molecular complexity index is 1100. The molecule has 5 rings (SSSR count). The minimum absolute atomic E-state index is 0.0181. The smallest absolute Gasteiger partial charge is 0.393 e. The second-order valence-electron chi connectivity index (χ2n) is 9.65. The summed E-state index contributed by atoms with van der Waals surface area (Å²) in [6.07, 6.45) is 9.84. The lowest BCUT2D eigenvalue weighted by atomic mass is 9.84. The summed E-state index contributed by atoms with van der Waals surface area (Å²) in [7, 11) is 1.89. The minimum Gasteiger partial charge on any atom is -0.450 e. The summed E-state index contributed by atoms with van der Waals surface area (Å²) in [5.41, 5.74) is 2.64. The molecule has 8 heteroatoms. The van der Waals surface area contributed by atoms with Gasteiger partial charge in [0.15, 0.2) is 0 Å². The maximum absolute atomic E-state index is 12.9. The van der Waals surface area contributed by atoms with E-state index >= 15 is 0 Å². The first kappa shape index (κ1) is 22.9. The Balaban J connectivity index is 1.06. The van der Waals surface area contributed by atoms with E-state index < -0.39 is 0 Å². The molecule has 1 N–H and O–H groups in total. The summed E-state index contributed by atoms with van der Waals surface area (Å²) in [6, 6.07) is 6.01. The highest BCUT2D eigenvalue weighted by atomic mass is 16.6. The number of ether oxygens (including phenoxy) is 1. The highest BCUT2D eigenvalue weighted by molar-refractivity contribution is 6.06. The fourth-order valence-electron chi connectivity index (χ4n) is 5.38. The summed E-state index contributed by atoms with van der Waals surface area (Å²) in [4.78, 5) is 20.0. The van der Waals surface area contributed by atoms with Crippen LogP contribution in [0.25, 0.3) is 10.9 Å². The van der Waals surface area contributed by atoms with E-state index in [-0.39, 0.29) is 11.9 Å². The van der Waals surface area contributed by atoms with Crippen molar-refractivity contribution in [2.75, 3.05) is 26.2 Å². The Hall–Kier alpha value is -2.87. The molecule has 0 spiro atoms. The third-order valence-corrected chi connectivity index (χ3v) is 7.29. The molecular formula is C26H35N5O3. The van der Waals surface area contributed by atoms with E-state index in [1.807, 2.05) is 38.4 Å². The molecule has 0 saturated heterocycles. The second kappa shape index (κ2) is 10.2. The zero-order chi connectivity index (χ0) is 23.5. The number of rotatable bonds is 7. The van der Waals surface area contributed by atoms with Crippen LogP contribution in [0.2, 0.25) is 0 Å². The topological polar surface area (TPSA) is 85.4 Å². The quantitative estimate of drug-likeness (QED) is 0.572. The lowest BCUT2D eigenvalue weighted by molar-refractivity contribution is 0.0921. The van der Waals surface area contributed by atoms with Gasteiger partial charge < -0.3 is 19.4 Å². The van der Waals surface area contributed by atoms with Gasteiger partial charge in [-0.3, -0.25) is 9.48 Å². The van der Waals surface area contributed by atoms with E-state index in [4.69, 9.17) is 9.15 Å². The first-order chi connectivity index (χ1) is 16.6. The molecule has 2 aliphatic rings. The predicted molar refractivity (Wildman–Crippen MR) is 130 cm³/mol. The molecule has 8 nitrogen and oxygen atoms in total. The number of benzene rings is 1. The fraction of sp³-hybridized carbons (Fsp3) is 0.577. The number of nitrogens with one attached hydrogen (secondary N) is 1. The summed E-state index contributed by atoms with van der Waals surface area (Å²) < 4.78 is 12.9. The largest absolute Gasteiger partial charge is 0.450 e. The maximum atomic E-state index is 12.9. The van der Waals surface area contributed by atoms with Crippen LogP contribution in [0.4, 0.5) is 0 Å². The predicted octanol–water partition coefficient (Wildman–Crippen LogP) is 3.74. The van der Waals surface area contributed by atoms with Gasteiger partial charge in [-0.1, -0.05) is 6.07 Å². The Morgan fingerprint density at radius 2 is 2.03 bits per heavy atom. The van der Waals surface area contributed by atoms with Crippen LogP contribution in [-0.2, 0) is 19.9 Å². The van der Waals surface area contributed by atoms with E-state index in [9.17, 15) is 4.79 Å². The average molecular weight is 466 g/mol. The molecule has 0 unspecified atom stereocenters. The molecule has 34 heavy (non-hydrogen) atoms. The standard InChI is InChI=1S/C26H35N5O3/c1-3-33-26-28-23-12-15-31(16-13-24(23)34-26)14-11-18-7-9-19(10-8-18)27-25(32)20-5-4-6-22-21(20)17-30(2)29-22/h4-6,17-19H,3,7-16H2,1-2H3,(H,27,32). The van der Waals surface area contributed by atoms with Crippen LogP contribution in [0.15, 0.2) is 28.8 Å². The highest BCUT2D eigenvalue weighted by Gasteiger charge is 2.25. The molecule has 1 amide bonds. The lowest BCUT2D eigenvalue weighted by Crippen LogP contribution is -2.38. The number of fused-ring (bicyclic) bond motifs is 2. The van der Waals surface area contributed by atoms with Crippen LogP contribution >= 0.6 is 0 Å². The van der Waals surface area contributed by atoms with Gasteiger partial charge in [-0.25, -0.2) is 0 Å². The number of aryl methyl sites for hydroxylation is 1.